The molecule has 0 aliphatic carbocycles. The molecule has 1 amide bonds. The van der Waals surface area contributed by atoms with Gasteiger partial charge in [0.05, 0.1) is 6.54 Å². The van der Waals surface area contributed by atoms with E-state index in [9.17, 15) is 4.79 Å². The van der Waals surface area contributed by atoms with E-state index in [0.29, 0.717) is 18.2 Å². The van der Waals surface area contributed by atoms with E-state index in [1.807, 2.05) is 36.4 Å². The van der Waals surface area contributed by atoms with Crippen LogP contribution in [-0.2, 0) is 24.3 Å². The third-order valence-electron chi connectivity index (χ3n) is 4.14. The largest absolute Gasteiger partial charge is 0.370 e. The molecule has 0 aliphatic heterocycles. The van der Waals surface area contributed by atoms with Crippen molar-refractivity contribution in [3.05, 3.63) is 78.1 Å². The van der Waals surface area contributed by atoms with Gasteiger partial charge in [-0.3, -0.25) is 9.48 Å². The van der Waals surface area contributed by atoms with Gasteiger partial charge in [-0.1, -0.05) is 31.2 Å². The zero-order valence-corrected chi connectivity index (χ0v) is 15.8. The maximum atomic E-state index is 12.1. The lowest BCUT2D eigenvalue weighted by Crippen LogP contribution is -2.22. The Bertz CT molecular complexity index is 932. The first-order valence-corrected chi connectivity index (χ1v) is 9.14. The summed E-state index contributed by atoms with van der Waals surface area (Å²) < 4.78 is 1.57. The number of benzene rings is 2. The summed E-state index contributed by atoms with van der Waals surface area (Å²) >= 11 is 0. The number of guanidine groups is 1. The minimum Gasteiger partial charge on any atom is -0.370 e. The third-order valence-corrected chi connectivity index (χ3v) is 4.14. The number of hydrogen-bond donors (Lipinski definition) is 3. The third kappa shape index (κ3) is 5.70. The van der Waals surface area contributed by atoms with E-state index in [4.69, 9.17) is 5.73 Å². The van der Waals surface area contributed by atoms with Crippen molar-refractivity contribution in [2.45, 2.75) is 26.4 Å². The van der Waals surface area contributed by atoms with E-state index < -0.39 is 0 Å². The van der Waals surface area contributed by atoms with Crippen LogP contribution in [-0.4, -0.2) is 21.6 Å². The Hall–Kier alpha value is -3.61. The number of aliphatic imine (C=N–C) groups is 1. The molecule has 7 heteroatoms. The van der Waals surface area contributed by atoms with Crippen molar-refractivity contribution in [3.8, 4) is 0 Å². The molecule has 28 heavy (non-hydrogen) atoms. The van der Waals surface area contributed by atoms with Crippen molar-refractivity contribution < 1.29 is 4.79 Å². The molecule has 1 aromatic heterocycles. The standard InChI is InChI=1S/C21H24N6O/c1-2-16-7-9-18(10-8-16)26-21(22)23-14-17-5-3-6-19(13-17)25-20(28)15-27-12-4-11-24-27/h3-13H,2,14-15H2,1H3,(H,25,28)(H3,22,23,26). The molecule has 0 atom stereocenters. The Morgan fingerprint density at radius 3 is 2.61 bits per heavy atom. The second-order valence-electron chi connectivity index (χ2n) is 6.33. The van der Waals surface area contributed by atoms with E-state index in [0.717, 1.165) is 17.7 Å². The normalized spacial score (nSPS) is 11.2. The van der Waals surface area contributed by atoms with Gasteiger partial charge < -0.3 is 16.4 Å². The molecule has 1 heterocycles. The number of carbonyl (C=O) groups excluding carboxylic acids is 1. The van der Waals surface area contributed by atoms with Crippen LogP contribution in [0.1, 0.15) is 18.1 Å². The highest BCUT2D eigenvalue weighted by atomic mass is 16.2. The summed E-state index contributed by atoms with van der Waals surface area (Å²) in [5, 5.41) is 9.97. The number of aryl methyl sites for hydroxylation is 1. The lowest BCUT2D eigenvalue weighted by atomic mass is 10.1. The fourth-order valence-electron chi connectivity index (χ4n) is 2.68. The summed E-state index contributed by atoms with van der Waals surface area (Å²) in [5.41, 5.74) is 9.81. The van der Waals surface area contributed by atoms with Crippen molar-refractivity contribution in [3.63, 3.8) is 0 Å². The fraction of sp³-hybridized carbons (Fsp3) is 0.190. The molecule has 3 aromatic rings. The average molecular weight is 376 g/mol. The van der Waals surface area contributed by atoms with Gasteiger partial charge in [-0.15, -0.1) is 0 Å². The van der Waals surface area contributed by atoms with E-state index in [1.54, 1.807) is 23.1 Å². The average Bonchev–Trinajstić information content (AvgIpc) is 3.20. The minimum atomic E-state index is -0.138. The number of nitrogens with two attached hydrogens (primary N) is 1. The van der Waals surface area contributed by atoms with Crippen LogP contribution in [0.4, 0.5) is 11.4 Å². The second kappa shape index (κ2) is 9.36. The molecular formula is C21H24N6O. The lowest BCUT2D eigenvalue weighted by molar-refractivity contribution is -0.116. The zero-order valence-electron chi connectivity index (χ0n) is 15.8. The Labute approximate surface area is 164 Å². The highest BCUT2D eigenvalue weighted by Crippen LogP contribution is 2.13. The Morgan fingerprint density at radius 2 is 1.89 bits per heavy atom. The van der Waals surface area contributed by atoms with E-state index in [-0.39, 0.29) is 12.5 Å². The molecular weight excluding hydrogens is 352 g/mol. The van der Waals surface area contributed by atoms with Gasteiger partial charge in [0.25, 0.3) is 0 Å². The monoisotopic (exact) mass is 376 g/mol. The van der Waals surface area contributed by atoms with Crippen LogP contribution in [0, 0.1) is 0 Å². The number of nitrogens with one attached hydrogen (secondary N) is 2. The molecule has 0 bridgehead atoms. The first-order chi connectivity index (χ1) is 13.6. The number of carbonyl (C=O) groups is 1. The first-order valence-electron chi connectivity index (χ1n) is 9.14. The van der Waals surface area contributed by atoms with Crippen molar-refractivity contribution >= 4 is 23.2 Å². The summed E-state index contributed by atoms with van der Waals surface area (Å²) in [6, 6.07) is 17.4. The molecule has 0 aliphatic rings. The number of nitrogens with zero attached hydrogens (tertiary/aromatic N) is 3. The Morgan fingerprint density at radius 1 is 1.07 bits per heavy atom. The molecule has 0 unspecified atom stereocenters. The summed E-state index contributed by atoms with van der Waals surface area (Å²) in [4.78, 5) is 16.4. The smallest absolute Gasteiger partial charge is 0.246 e. The van der Waals surface area contributed by atoms with Crippen LogP contribution in [0.5, 0.6) is 0 Å². The zero-order chi connectivity index (χ0) is 19.8. The van der Waals surface area contributed by atoms with Gasteiger partial charge in [-0.2, -0.15) is 5.10 Å². The van der Waals surface area contributed by atoms with Crippen LogP contribution in [0.25, 0.3) is 0 Å². The Kier molecular flexibility index (Phi) is 6.41. The number of anilines is 2. The number of hydrogen-bond acceptors (Lipinski definition) is 3. The summed E-state index contributed by atoms with van der Waals surface area (Å²) in [6.07, 6.45) is 4.39. The van der Waals surface area contributed by atoms with Gasteiger partial charge in [0.1, 0.15) is 6.54 Å². The highest BCUT2D eigenvalue weighted by molar-refractivity contribution is 5.92. The first kappa shape index (κ1) is 19.2. The van der Waals surface area contributed by atoms with Gasteiger partial charge in [-0.05, 0) is 47.9 Å². The quantitative estimate of drug-likeness (QED) is 0.436. The molecule has 144 valence electrons. The van der Waals surface area contributed by atoms with E-state index in [2.05, 4.69) is 39.8 Å². The van der Waals surface area contributed by atoms with Crippen molar-refractivity contribution in [2.24, 2.45) is 10.7 Å². The topological polar surface area (TPSA) is 97.3 Å². The Balaban J connectivity index is 1.55. The van der Waals surface area contributed by atoms with E-state index >= 15 is 0 Å². The van der Waals surface area contributed by atoms with Crippen LogP contribution in [0.15, 0.2) is 72.0 Å². The van der Waals surface area contributed by atoms with Crippen molar-refractivity contribution in [1.29, 1.82) is 0 Å². The molecule has 0 fully saturated rings. The van der Waals surface area contributed by atoms with Crippen LogP contribution < -0.4 is 16.4 Å². The summed E-state index contributed by atoms with van der Waals surface area (Å²) in [5.74, 6) is 0.207. The molecule has 0 saturated heterocycles. The van der Waals surface area contributed by atoms with Gasteiger partial charge in [-0.25, -0.2) is 4.99 Å². The molecule has 0 radical (unpaired) electrons. The molecule has 7 nitrogen and oxygen atoms in total. The van der Waals surface area contributed by atoms with Crippen LogP contribution in [0.3, 0.4) is 0 Å². The number of rotatable bonds is 7. The van der Waals surface area contributed by atoms with Gasteiger partial charge in [0.2, 0.25) is 5.91 Å². The predicted molar refractivity (Wildman–Crippen MR) is 112 cm³/mol. The van der Waals surface area contributed by atoms with Gasteiger partial charge in [0.15, 0.2) is 5.96 Å². The number of aromatic nitrogens is 2. The second-order valence-corrected chi connectivity index (χ2v) is 6.33. The minimum absolute atomic E-state index is 0.138. The molecule has 3 rings (SSSR count). The van der Waals surface area contributed by atoms with E-state index in [1.165, 1.54) is 5.56 Å². The highest BCUT2D eigenvalue weighted by Gasteiger charge is 2.04. The predicted octanol–water partition coefficient (Wildman–Crippen LogP) is 3.01. The molecule has 2 aromatic carbocycles. The SMILES string of the molecule is CCc1ccc(NC(N)=NCc2cccc(NC(=O)Cn3cccn3)c2)cc1. The molecule has 0 saturated carbocycles. The van der Waals surface area contributed by atoms with Crippen molar-refractivity contribution in [1.82, 2.24) is 9.78 Å². The van der Waals surface area contributed by atoms with Crippen LogP contribution in [0.2, 0.25) is 0 Å². The summed E-state index contributed by atoms with van der Waals surface area (Å²) in [7, 11) is 0. The number of amides is 1. The van der Waals surface area contributed by atoms with Crippen molar-refractivity contribution in [2.75, 3.05) is 10.6 Å². The molecule has 4 N–H and O–H groups in total. The fourth-order valence-corrected chi connectivity index (χ4v) is 2.68. The lowest BCUT2D eigenvalue weighted by Gasteiger charge is -2.08. The van der Waals surface area contributed by atoms with Crippen LogP contribution >= 0.6 is 0 Å². The summed E-state index contributed by atoms with van der Waals surface area (Å²) in [6.45, 7) is 2.70. The molecule has 0 spiro atoms. The van der Waals surface area contributed by atoms with Gasteiger partial charge in [0, 0.05) is 23.8 Å². The van der Waals surface area contributed by atoms with Gasteiger partial charge >= 0.3 is 0 Å². The maximum absolute atomic E-state index is 12.1. The maximum Gasteiger partial charge on any atom is 0.246 e.